The highest BCUT2D eigenvalue weighted by molar-refractivity contribution is 5.89. The van der Waals surface area contributed by atoms with Crippen LogP contribution in [0.15, 0.2) is 30.9 Å². The Morgan fingerprint density at radius 1 is 1.39 bits per heavy atom. The summed E-state index contributed by atoms with van der Waals surface area (Å²) in [6, 6.07) is 3.64. The molecule has 2 N–H and O–H groups in total. The molecule has 1 atom stereocenters. The van der Waals surface area contributed by atoms with Gasteiger partial charge in [-0.2, -0.15) is 5.10 Å². The summed E-state index contributed by atoms with van der Waals surface area (Å²) in [6.45, 7) is 6.00. The van der Waals surface area contributed by atoms with Gasteiger partial charge in [0.1, 0.15) is 24.2 Å². The van der Waals surface area contributed by atoms with Crippen LogP contribution in [0.3, 0.4) is 0 Å². The number of rotatable bonds is 6. The van der Waals surface area contributed by atoms with E-state index in [4.69, 9.17) is 4.74 Å². The molecule has 2 amide bonds. The fourth-order valence-electron chi connectivity index (χ4n) is 1.98. The lowest BCUT2D eigenvalue weighted by atomic mass is 10.3. The molecule has 23 heavy (non-hydrogen) atoms. The van der Waals surface area contributed by atoms with Gasteiger partial charge in [-0.05, 0) is 32.9 Å². The van der Waals surface area contributed by atoms with Gasteiger partial charge in [0.2, 0.25) is 0 Å². The van der Waals surface area contributed by atoms with Crippen molar-refractivity contribution in [3.8, 4) is 5.75 Å². The van der Waals surface area contributed by atoms with Crippen molar-refractivity contribution in [2.75, 3.05) is 5.32 Å². The number of hydrogen-bond acceptors (Lipinski definition) is 4. The molecule has 0 saturated carbocycles. The number of carbonyl (C=O) groups is 1. The Bertz CT molecular complexity index is 645. The van der Waals surface area contributed by atoms with Gasteiger partial charge in [0.25, 0.3) is 0 Å². The number of hydrogen-bond donors (Lipinski definition) is 2. The lowest BCUT2D eigenvalue weighted by Gasteiger charge is -2.15. The van der Waals surface area contributed by atoms with Gasteiger partial charge in [0.05, 0.1) is 18.3 Å². The second kappa shape index (κ2) is 7.57. The molecule has 0 radical (unpaired) electrons. The maximum atomic E-state index is 14.0. The first kappa shape index (κ1) is 16.7. The van der Waals surface area contributed by atoms with E-state index in [1.165, 1.54) is 18.5 Å². The van der Waals surface area contributed by atoms with Gasteiger partial charge < -0.3 is 15.4 Å². The van der Waals surface area contributed by atoms with Crippen LogP contribution in [0.25, 0.3) is 0 Å². The van der Waals surface area contributed by atoms with Crippen molar-refractivity contribution in [3.05, 3.63) is 36.7 Å². The van der Waals surface area contributed by atoms with Crippen LogP contribution in [-0.2, 0) is 6.54 Å². The predicted octanol–water partition coefficient (Wildman–Crippen LogP) is 2.41. The molecule has 0 aliphatic rings. The van der Waals surface area contributed by atoms with E-state index in [1.807, 2.05) is 20.8 Å². The monoisotopic (exact) mass is 321 g/mol. The zero-order valence-electron chi connectivity index (χ0n) is 13.3. The fraction of sp³-hybridized carbons (Fsp3) is 0.400. The predicted molar refractivity (Wildman–Crippen MR) is 83.8 cm³/mol. The molecule has 0 bridgehead atoms. The summed E-state index contributed by atoms with van der Waals surface area (Å²) in [4.78, 5) is 15.7. The van der Waals surface area contributed by atoms with E-state index in [-0.39, 0.29) is 17.8 Å². The summed E-state index contributed by atoms with van der Waals surface area (Å²) in [6.07, 6.45) is 2.93. The Morgan fingerprint density at radius 3 is 2.78 bits per heavy atom. The van der Waals surface area contributed by atoms with Gasteiger partial charge in [-0.3, -0.25) is 4.68 Å². The minimum atomic E-state index is -0.553. The van der Waals surface area contributed by atoms with Crippen molar-refractivity contribution in [3.63, 3.8) is 0 Å². The van der Waals surface area contributed by atoms with Crippen LogP contribution in [-0.4, -0.2) is 32.9 Å². The molecule has 7 nitrogen and oxygen atoms in total. The lowest BCUT2D eigenvalue weighted by Crippen LogP contribution is -2.38. The largest absolute Gasteiger partial charge is 0.491 e. The van der Waals surface area contributed by atoms with Crippen molar-refractivity contribution in [2.24, 2.45) is 0 Å². The summed E-state index contributed by atoms with van der Waals surface area (Å²) in [5, 5.41) is 9.13. The maximum Gasteiger partial charge on any atom is 0.319 e. The third kappa shape index (κ3) is 5.24. The van der Waals surface area contributed by atoms with Gasteiger partial charge >= 0.3 is 6.03 Å². The van der Waals surface area contributed by atoms with Crippen molar-refractivity contribution in [1.29, 1.82) is 0 Å². The number of benzene rings is 1. The molecule has 2 rings (SSSR count). The average Bonchev–Trinajstić information content (AvgIpc) is 2.93. The molecule has 0 aliphatic carbocycles. The number of ether oxygens (including phenoxy) is 1. The van der Waals surface area contributed by atoms with Gasteiger partial charge in [0, 0.05) is 12.1 Å². The standard InChI is InChI=1S/C15H20FN5O2/c1-10(2)23-12-4-5-14(13(16)6-12)20-15(22)19-11(3)7-21-9-17-8-18-21/h4-6,8-11H,7H2,1-3H3,(H2,19,20,22). The van der Waals surface area contributed by atoms with Crippen molar-refractivity contribution >= 4 is 11.7 Å². The molecule has 0 spiro atoms. The second-order valence-electron chi connectivity index (χ2n) is 5.43. The molecule has 124 valence electrons. The second-order valence-corrected chi connectivity index (χ2v) is 5.43. The Balaban J connectivity index is 1.89. The first-order chi connectivity index (χ1) is 10.9. The quantitative estimate of drug-likeness (QED) is 0.856. The van der Waals surface area contributed by atoms with Gasteiger partial charge in [0.15, 0.2) is 0 Å². The van der Waals surface area contributed by atoms with E-state index in [0.717, 1.165) is 0 Å². The third-order valence-corrected chi connectivity index (χ3v) is 2.87. The smallest absolute Gasteiger partial charge is 0.319 e. The minimum absolute atomic E-state index is 0.0471. The van der Waals surface area contributed by atoms with E-state index in [9.17, 15) is 9.18 Å². The van der Waals surface area contributed by atoms with Crippen molar-refractivity contribution in [2.45, 2.75) is 39.5 Å². The Morgan fingerprint density at radius 2 is 2.17 bits per heavy atom. The number of nitrogens with zero attached hydrogens (tertiary/aromatic N) is 3. The molecule has 1 aromatic heterocycles. The molecule has 0 aliphatic heterocycles. The zero-order chi connectivity index (χ0) is 16.8. The van der Waals surface area contributed by atoms with Crippen molar-refractivity contribution in [1.82, 2.24) is 20.1 Å². The van der Waals surface area contributed by atoms with Crippen LogP contribution in [0.4, 0.5) is 14.9 Å². The van der Waals surface area contributed by atoms with E-state index in [0.29, 0.717) is 12.3 Å². The zero-order valence-corrected chi connectivity index (χ0v) is 13.3. The molecule has 0 saturated heterocycles. The van der Waals surface area contributed by atoms with Crippen LogP contribution in [0.1, 0.15) is 20.8 Å². The molecule has 8 heteroatoms. The van der Waals surface area contributed by atoms with Crippen LogP contribution < -0.4 is 15.4 Å². The lowest BCUT2D eigenvalue weighted by molar-refractivity contribution is 0.241. The normalized spacial score (nSPS) is 12.0. The van der Waals surface area contributed by atoms with Gasteiger partial charge in [-0.1, -0.05) is 0 Å². The first-order valence-corrected chi connectivity index (χ1v) is 7.30. The fourth-order valence-corrected chi connectivity index (χ4v) is 1.98. The van der Waals surface area contributed by atoms with Gasteiger partial charge in [-0.25, -0.2) is 14.2 Å². The van der Waals surface area contributed by atoms with Crippen LogP contribution in [0.5, 0.6) is 5.75 Å². The number of amides is 2. The number of carbonyl (C=O) groups excluding carboxylic acids is 1. The summed E-state index contributed by atoms with van der Waals surface area (Å²) < 4.78 is 21.0. The average molecular weight is 321 g/mol. The number of nitrogens with one attached hydrogen (secondary N) is 2. The summed E-state index contributed by atoms with van der Waals surface area (Å²) in [7, 11) is 0. The topological polar surface area (TPSA) is 81.1 Å². The molecular weight excluding hydrogens is 301 g/mol. The van der Waals surface area contributed by atoms with E-state index in [1.54, 1.807) is 17.1 Å². The third-order valence-electron chi connectivity index (χ3n) is 2.87. The molecule has 1 unspecified atom stereocenters. The Labute approximate surface area is 133 Å². The summed E-state index contributed by atoms with van der Waals surface area (Å²) >= 11 is 0. The molecular formula is C15H20FN5O2. The highest BCUT2D eigenvalue weighted by Gasteiger charge is 2.12. The van der Waals surface area contributed by atoms with Crippen LogP contribution >= 0.6 is 0 Å². The molecule has 1 heterocycles. The maximum absolute atomic E-state index is 14.0. The van der Waals surface area contributed by atoms with Crippen LogP contribution in [0, 0.1) is 5.82 Å². The molecule has 1 aromatic carbocycles. The highest BCUT2D eigenvalue weighted by atomic mass is 19.1. The summed E-state index contributed by atoms with van der Waals surface area (Å²) in [5.41, 5.74) is 0.0894. The molecule has 2 aromatic rings. The van der Waals surface area contributed by atoms with E-state index >= 15 is 0 Å². The van der Waals surface area contributed by atoms with Crippen molar-refractivity contribution < 1.29 is 13.9 Å². The number of anilines is 1. The summed E-state index contributed by atoms with van der Waals surface area (Å²) in [5.74, 6) is -0.134. The highest BCUT2D eigenvalue weighted by Crippen LogP contribution is 2.21. The van der Waals surface area contributed by atoms with E-state index < -0.39 is 11.8 Å². The Hall–Kier alpha value is -2.64. The number of aromatic nitrogens is 3. The molecule has 0 fully saturated rings. The van der Waals surface area contributed by atoms with E-state index in [2.05, 4.69) is 20.7 Å². The number of urea groups is 1. The Kier molecular flexibility index (Phi) is 5.51. The SMILES string of the molecule is CC(Cn1cncn1)NC(=O)Nc1ccc(OC(C)C)cc1F. The number of halogens is 1. The van der Waals surface area contributed by atoms with Gasteiger partial charge in [-0.15, -0.1) is 0 Å². The van der Waals surface area contributed by atoms with Crippen LogP contribution in [0.2, 0.25) is 0 Å². The first-order valence-electron chi connectivity index (χ1n) is 7.30. The minimum Gasteiger partial charge on any atom is -0.491 e.